The molecule has 0 saturated carbocycles. The Morgan fingerprint density at radius 3 is 2.44 bits per heavy atom. The molecule has 11 nitrogen and oxygen atoms in total. The minimum Gasteiger partial charge on any atom is -0.496 e. The van der Waals surface area contributed by atoms with Crippen LogP contribution in [0.5, 0.6) is 5.75 Å². The average molecular weight is 612 g/mol. The van der Waals surface area contributed by atoms with Crippen molar-refractivity contribution in [3.63, 3.8) is 0 Å². The lowest BCUT2D eigenvalue weighted by atomic mass is 10.00. The number of amides is 3. The summed E-state index contributed by atoms with van der Waals surface area (Å²) in [6.45, 7) is 2.08. The van der Waals surface area contributed by atoms with Gasteiger partial charge in [0.15, 0.2) is 0 Å². The molecule has 2 atom stereocenters. The Balaban J connectivity index is 0.00000506. The smallest absolute Gasteiger partial charge is 0.337 e. The lowest BCUT2D eigenvalue weighted by Crippen LogP contribution is -2.55. The highest BCUT2D eigenvalue weighted by atomic mass is 35.5. The van der Waals surface area contributed by atoms with Crippen molar-refractivity contribution in [3.05, 3.63) is 65.7 Å². The van der Waals surface area contributed by atoms with Crippen LogP contribution in [0.2, 0.25) is 0 Å². The topological polar surface area (TPSA) is 143 Å². The van der Waals surface area contributed by atoms with Gasteiger partial charge in [0.1, 0.15) is 11.8 Å². The number of hydrogen-bond acceptors (Lipinski definition) is 8. The third-order valence-corrected chi connectivity index (χ3v) is 7.48. The Bertz CT molecular complexity index is 1500. The summed E-state index contributed by atoms with van der Waals surface area (Å²) in [5.74, 6) is -0.850. The van der Waals surface area contributed by atoms with Gasteiger partial charge in [0.2, 0.25) is 11.8 Å². The van der Waals surface area contributed by atoms with Crippen molar-refractivity contribution in [1.29, 1.82) is 0 Å². The van der Waals surface area contributed by atoms with Crippen molar-refractivity contribution in [2.24, 2.45) is 5.73 Å². The van der Waals surface area contributed by atoms with E-state index in [1.807, 2.05) is 6.07 Å². The molecule has 12 heteroatoms. The first-order chi connectivity index (χ1) is 20.2. The summed E-state index contributed by atoms with van der Waals surface area (Å²) in [6, 6.07) is 14.4. The lowest BCUT2D eigenvalue weighted by Gasteiger charge is -2.27. The molecule has 230 valence electrons. The number of esters is 1. The number of rotatable bonds is 10. The molecule has 43 heavy (non-hydrogen) atoms. The fraction of sp³-hybridized carbons (Fsp3) is 0.355. The summed E-state index contributed by atoms with van der Waals surface area (Å²) in [5.41, 5.74) is 7.84. The van der Waals surface area contributed by atoms with Crippen molar-refractivity contribution in [3.8, 4) is 5.75 Å². The van der Waals surface area contributed by atoms with Crippen molar-refractivity contribution in [1.82, 2.24) is 10.6 Å². The van der Waals surface area contributed by atoms with Gasteiger partial charge < -0.3 is 35.6 Å². The zero-order chi connectivity index (χ0) is 30.4. The van der Waals surface area contributed by atoms with Gasteiger partial charge in [0.05, 0.1) is 50.3 Å². The number of likely N-dealkylation sites (N-methyl/N-ethyl adjacent to an activating group) is 1. The quantitative estimate of drug-likeness (QED) is 0.297. The number of benzene rings is 3. The number of nitrogens with one attached hydrogen (secondary N) is 2. The summed E-state index contributed by atoms with van der Waals surface area (Å²) in [4.78, 5) is 56.0. The Morgan fingerprint density at radius 1 is 1.07 bits per heavy atom. The lowest BCUT2D eigenvalue weighted by molar-refractivity contribution is -0.128. The first kappa shape index (κ1) is 33.3. The molecule has 0 spiro atoms. The highest BCUT2D eigenvalue weighted by molar-refractivity contribution is 6.08. The number of anilines is 2. The van der Waals surface area contributed by atoms with Gasteiger partial charge in [-0.2, -0.15) is 0 Å². The molecule has 1 aliphatic rings. The third kappa shape index (κ3) is 7.07. The van der Waals surface area contributed by atoms with E-state index >= 15 is 0 Å². The Labute approximate surface area is 257 Å². The van der Waals surface area contributed by atoms with Gasteiger partial charge in [-0.3, -0.25) is 14.4 Å². The molecule has 0 bridgehead atoms. The second-order valence-corrected chi connectivity index (χ2v) is 10.1. The molecule has 3 aromatic carbocycles. The number of halogens is 1. The molecule has 2 unspecified atom stereocenters. The highest BCUT2D eigenvalue weighted by Gasteiger charge is 2.37. The first-order valence-corrected chi connectivity index (χ1v) is 13.8. The van der Waals surface area contributed by atoms with E-state index < -0.39 is 18.1 Å². The Kier molecular flexibility index (Phi) is 11.5. The second-order valence-electron chi connectivity index (χ2n) is 10.1. The van der Waals surface area contributed by atoms with Crippen molar-refractivity contribution in [2.75, 3.05) is 44.2 Å². The van der Waals surface area contributed by atoms with E-state index in [1.54, 1.807) is 79.4 Å². The van der Waals surface area contributed by atoms with E-state index in [4.69, 9.17) is 15.2 Å². The molecule has 4 N–H and O–H groups in total. The molecule has 3 aromatic rings. The summed E-state index contributed by atoms with van der Waals surface area (Å²) >= 11 is 0. The van der Waals surface area contributed by atoms with Gasteiger partial charge in [0, 0.05) is 12.0 Å². The first-order valence-electron chi connectivity index (χ1n) is 13.8. The van der Waals surface area contributed by atoms with Gasteiger partial charge in [-0.15, -0.1) is 12.4 Å². The van der Waals surface area contributed by atoms with Gasteiger partial charge in [-0.05, 0) is 68.0 Å². The number of methoxy groups -OCH3 is 2. The van der Waals surface area contributed by atoms with E-state index in [9.17, 15) is 19.2 Å². The summed E-state index contributed by atoms with van der Waals surface area (Å²) < 4.78 is 10.6. The average Bonchev–Trinajstić information content (AvgIpc) is 3.13. The molecule has 0 radical (unpaired) electrons. The number of ether oxygens (including phenoxy) is 2. The number of hydrogen-bond donors (Lipinski definition) is 3. The number of fused-ring (bicyclic) bond motifs is 2. The normalized spacial score (nSPS) is 15.2. The minimum absolute atomic E-state index is 0. The minimum atomic E-state index is -1.02. The number of carbonyl (C=O) groups is 4. The number of nitrogens with zero attached hydrogens (tertiary/aromatic N) is 2. The zero-order valence-electron chi connectivity index (χ0n) is 24.7. The van der Waals surface area contributed by atoms with E-state index in [0.717, 1.165) is 10.8 Å². The van der Waals surface area contributed by atoms with Crippen LogP contribution >= 0.6 is 12.4 Å². The molecule has 4 rings (SSSR count). The van der Waals surface area contributed by atoms with E-state index in [1.165, 1.54) is 7.11 Å². The summed E-state index contributed by atoms with van der Waals surface area (Å²) in [6.07, 6.45) is 0.691. The fourth-order valence-corrected chi connectivity index (χ4v) is 5.04. The molecule has 1 heterocycles. The van der Waals surface area contributed by atoms with E-state index in [2.05, 4.69) is 10.6 Å². The molecule has 0 aromatic heterocycles. The van der Waals surface area contributed by atoms with Crippen LogP contribution in [0.25, 0.3) is 10.8 Å². The number of nitrogens with two attached hydrogens (primary N) is 1. The third-order valence-electron chi connectivity index (χ3n) is 7.48. The largest absolute Gasteiger partial charge is 0.496 e. The van der Waals surface area contributed by atoms with Crippen molar-refractivity contribution >= 4 is 58.2 Å². The molecule has 0 aliphatic carbocycles. The number of para-hydroxylation sites is 2. The predicted molar refractivity (Wildman–Crippen MR) is 168 cm³/mol. The maximum absolute atomic E-state index is 14.3. The maximum Gasteiger partial charge on any atom is 0.337 e. The van der Waals surface area contributed by atoms with Gasteiger partial charge in [0.25, 0.3) is 5.91 Å². The monoisotopic (exact) mass is 611 g/mol. The van der Waals surface area contributed by atoms with Crippen LogP contribution in [0.15, 0.2) is 54.6 Å². The summed E-state index contributed by atoms with van der Waals surface area (Å²) in [7, 11) is 4.53. The SMILES string of the molecule is CNC(C)C(=O)NC1CN(C(=O)CCCN)c2ccccc2N(Cc2c(OC)ccc3cc(C(=O)OC)ccc23)C1=O.Cl. The fourth-order valence-electron chi connectivity index (χ4n) is 5.04. The van der Waals surface area contributed by atoms with Gasteiger partial charge in [-0.1, -0.05) is 24.3 Å². The molecule has 1 aliphatic heterocycles. The van der Waals surface area contributed by atoms with Crippen molar-refractivity contribution in [2.45, 2.75) is 38.4 Å². The van der Waals surface area contributed by atoms with Crippen LogP contribution in [0.1, 0.15) is 35.7 Å². The van der Waals surface area contributed by atoms with E-state index in [-0.39, 0.29) is 49.6 Å². The Hall–Kier alpha value is -4.19. The van der Waals surface area contributed by atoms with Gasteiger partial charge in [-0.25, -0.2) is 4.79 Å². The van der Waals surface area contributed by atoms with Crippen LogP contribution in [0, 0.1) is 0 Å². The number of carbonyl (C=O) groups excluding carboxylic acids is 4. The molecule has 0 saturated heterocycles. The predicted octanol–water partition coefficient (Wildman–Crippen LogP) is 2.77. The molecular weight excluding hydrogens is 574 g/mol. The van der Waals surface area contributed by atoms with Crippen LogP contribution in [0.3, 0.4) is 0 Å². The van der Waals surface area contributed by atoms with Crippen LogP contribution in [0.4, 0.5) is 11.4 Å². The highest BCUT2D eigenvalue weighted by Crippen LogP contribution is 2.37. The molecule has 3 amide bonds. The van der Waals surface area contributed by atoms with Crippen LogP contribution in [-0.4, -0.2) is 70.1 Å². The van der Waals surface area contributed by atoms with Crippen LogP contribution in [-0.2, 0) is 25.7 Å². The molecule has 0 fully saturated rings. The Morgan fingerprint density at radius 2 is 1.79 bits per heavy atom. The standard InChI is InChI=1S/C31H37N5O6.ClH/c1-19(33-2)29(38)34-24-18-35(28(37)10-7-15-32)25-8-5-6-9-26(25)36(30(24)39)17-23-22-13-11-21(31(40)42-4)16-20(22)12-14-27(23)41-3;/h5-6,8-9,11-14,16,19,24,33H,7,10,15,17-18,32H2,1-4H3,(H,34,38);1H. The van der Waals surface area contributed by atoms with E-state index in [0.29, 0.717) is 41.2 Å². The summed E-state index contributed by atoms with van der Waals surface area (Å²) in [5, 5.41) is 7.27. The van der Waals surface area contributed by atoms with Gasteiger partial charge >= 0.3 is 5.97 Å². The van der Waals surface area contributed by atoms with Crippen molar-refractivity contribution < 1.29 is 28.7 Å². The second kappa shape index (κ2) is 14.8. The zero-order valence-corrected chi connectivity index (χ0v) is 25.5. The van der Waals surface area contributed by atoms with Crippen LogP contribution < -0.4 is 30.9 Å². The maximum atomic E-state index is 14.3. The molecular formula is C31H38ClN5O6.